The second-order valence-electron chi connectivity index (χ2n) is 5.38. The van der Waals surface area contributed by atoms with Crippen LogP contribution in [0.25, 0.3) is 0 Å². The molecular weight excluding hydrogens is 274 g/mol. The molecule has 2 nitrogen and oxygen atoms in total. The summed E-state index contributed by atoms with van der Waals surface area (Å²) in [6.45, 7) is 1.54. The fraction of sp³-hybridized carbons (Fsp3) is 0.294. The summed E-state index contributed by atoms with van der Waals surface area (Å²) in [5.74, 6) is -0.849. The number of aryl methyl sites for hydroxylation is 1. The van der Waals surface area contributed by atoms with Gasteiger partial charge in [-0.25, -0.2) is 8.78 Å². The third-order valence-corrected chi connectivity index (χ3v) is 3.59. The first-order chi connectivity index (χ1) is 10.1. The number of hydrogen-bond donors (Lipinski definition) is 1. The summed E-state index contributed by atoms with van der Waals surface area (Å²) in [5, 5.41) is 10.3. The number of aliphatic hydroxyl groups excluding tert-OH is 1. The third-order valence-electron chi connectivity index (χ3n) is 3.59. The molecule has 21 heavy (non-hydrogen) atoms. The molecular formula is C17H16F2O2. The number of hydrogen-bond acceptors (Lipinski definition) is 2. The largest absolute Gasteiger partial charge is 0.490 e. The van der Waals surface area contributed by atoms with Crippen LogP contribution in [-0.2, 0) is 0 Å². The van der Waals surface area contributed by atoms with E-state index in [1.54, 1.807) is 24.3 Å². The van der Waals surface area contributed by atoms with Crippen molar-refractivity contribution < 1.29 is 18.6 Å². The Kier molecular flexibility index (Phi) is 3.64. The normalized spacial score (nSPS) is 15.8. The van der Waals surface area contributed by atoms with Crippen LogP contribution in [0.3, 0.4) is 0 Å². The van der Waals surface area contributed by atoms with Gasteiger partial charge in [-0.05, 0) is 49.1 Å². The zero-order valence-corrected chi connectivity index (χ0v) is 11.6. The van der Waals surface area contributed by atoms with Gasteiger partial charge in [-0.15, -0.1) is 0 Å². The highest BCUT2D eigenvalue weighted by atomic mass is 19.1. The molecule has 110 valence electrons. The lowest BCUT2D eigenvalue weighted by Crippen LogP contribution is -2.07. The Labute approximate surface area is 122 Å². The van der Waals surface area contributed by atoms with Gasteiger partial charge in [0.2, 0.25) is 0 Å². The molecule has 0 amide bonds. The van der Waals surface area contributed by atoms with E-state index in [-0.39, 0.29) is 11.7 Å². The smallest absolute Gasteiger partial charge is 0.135 e. The molecule has 0 aromatic heterocycles. The SMILES string of the molecule is Cc1ccc(F)c(C(O)c2cccc(OC3CC3)c2)c1F. The quantitative estimate of drug-likeness (QED) is 0.925. The summed E-state index contributed by atoms with van der Waals surface area (Å²) >= 11 is 0. The van der Waals surface area contributed by atoms with E-state index in [9.17, 15) is 13.9 Å². The summed E-state index contributed by atoms with van der Waals surface area (Å²) < 4.78 is 33.6. The van der Waals surface area contributed by atoms with E-state index in [2.05, 4.69) is 0 Å². The van der Waals surface area contributed by atoms with Crippen LogP contribution in [0, 0.1) is 18.6 Å². The second kappa shape index (κ2) is 5.45. The van der Waals surface area contributed by atoms with Gasteiger partial charge in [-0.2, -0.15) is 0 Å². The van der Waals surface area contributed by atoms with Gasteiger partial charge in [0.25, 0.3) is 0 Å². The molecule has 0 aliphatic heterocycles. The van der Waals surface area contributed by atoms with E-state index >= 15 is 0 Å². The molecule has 1 saturated carbocycles. The van der Waals surface area contributed by atoms with E-state index < -0.39 is 17.7 Å². The molecule has 3 rings (SSSR count). The molecule has 1 aliphatic rings. The predicted molar refractivity (Wildman–Crippen MR) is 75.2 cm³/mol. The Morgan fingerprint density at radius 1 is 1.19 bits per heavy atom. The Morgan fingerprint density at radius 2 is 1.95 bits per heavy atom. The van der Waals surface area contributed by atoms with E-state index in [1.807, 2.05) is 0 Å². The zero-order chi connectivity index (χ0) is 15.0. The highest BCUT2D eigenvalue weighted by molar-refractivity contribution is 5.38. The van der Waals surface area contributed by atoms with Crippen LogP contribution in [0.2, 0.25) is 0 Å². The topological polar surface area (TPSA) is 29.5 Å². The molecule has 2 aromatic rings. The van der Waals surface area contributed by atoms with E-state index in [0.717, 1.165) is 12.8 Å². The lowest BCUT2D eigenvalue weighted by Gasteiger charge is -2.15. The lowest BCUT2D eigenvalue weighted by molar-refractivity contribution is 0.207. The van der Waals surface area contributed by atoms with Gasteiger partial charge in [0.15, 0.2) is 0 Å². The molecule has 0 saturated heterocycles. The minimum atomic E-state index is -1.35. The van der Waals surface area contributed by atoms with Gasteiger partial charge >= 0.3 is 0 Å². The van der Waals surface area contributed by atoms with Crippen molar-refractivity contribution in [2.75, 3.05) is 0 Å². The number of aliphatic hydroxyl groups is 1. The maximum Gasteiger partial charge on any atom is 0.135 e. The zero-order valence-electron chi connectivity index (χ0n) is 11.6. The van der Waals surface area contributed by atoms with Crippen LogP contribution in [0.1, 0.15) is 35.6 Å². The predicted octanol–water partition coefficient (Wildman–Crippen LogP) is 3.90. The Morgan fingerprint density at radius 3 is 2.67 bits per heavy atom. The summed E-state index contributed by atoms with van der Waals surface area (Å²) in [7, 11) is 0. The summed E-state index contributed by atoms with van der Waals surface area (Å²) in [5.41, 5.74) is 0.394. The first-order valence-electron chi connectivity index (χ1n) is 6.95. The third kappa shape index (κ3) is 2.90. The van der Waals surface area contributed by atoms with Gasteiger partial charge in [0, 0.05) is 0 Å². The van der Waals surface area contributed by atoms with E-state index in [4.69, 9.17) is 4.74 Å². The first kappa shape index (κ1) is 14.0. The van der Waals surface area contributed by atoms with Crippen molar-refractivity contribution in [2.45, 2.75) is 32.0 Å². The minimum absolute atomic E-state index is 0.227. The van der Waals surface area contributed by atoms with Crippen molar-refractivity contribution in [3.63, 3.8) is 0 Å². The molecule has 1 atom stereocenters. The molecule has 2 aromatic carbocycles. The van der Waals surface area contributed by atoms with Gasteiger partial charge in [-0.3, -0.25) is 0 Å². The Bertz CT molecular complexity index is 666. The highest BCUT2D eigenvalue weighted by Crippen LogP contribution is 2.32. The van der Waals surface area contributed by atoms with Crippen molar-refractivity contribution >= 4 is 0 Å². The average Bonchev–Trinajstić information content (AvgIpc) is 3.27. The van der Waals surface area contributed by atoms with Crippen LogP contribution in [0.4, 0.5) is 8.78 Å². The fourth-order valence-electron chi connectivity index (χ4n) is 2.23. The maximum atomic E-state index is 14.1. The number of rotatable bonds is 4. The maximum absolute atomic E-state index is 14.1. The Balaban J connectivity index is 1.94. The molecule has 0 bridgehead atoms. The Hall–Kier alpha value is -1.94. The minimum Gasteiger partial charge on any atom is -0.490 e. The van der Waals surface area contributed by atoms with Crippen molar-refractivity contribution in [1.29, 1.82) is 0 Å². The van der Waals surface area contributed by atoms with Gasteiger partial charge in [0.05, 0.1) is 11.7 Å². The van der Waals surface area contributed by atoms with E-state index in [1.165, 1.54) is 19.1 Å². The molecule has 1 aliphatic carbocycles. The van der Waals surface area contributed by atoms with Crippen LogP contribution >= 0.6 is 0 Å². The van der Waals surface area contributed by atoms with Crippen molar-refractivity contribution in [3.8, 4) is 5.75 Å². The van der Waals surface area contributed by atoms with Crippen LogP contribution in [-0.4, -0.2) is 11.2 Å². The molecule has 1 fully saturated rings. The van der Waals surface area contributed by atoms with Crippen LogP contribution in [0.5, 0.6) is 5.75 Å². The van der Waals surface area contributed by atoms with Crippen molar-refractivity contribution in [3.05, 3.63) is 64.7 Å². The molecule has 0 heterocycles. The molecule has 4 heteroatoms. The molecule has 1 N–H and O–H groups in total. The highest BCUT2D eigenvalue weighted by Gasteiger charge is 2.25. The number of benzene rings is 2. The van der Waals surface area contributed by atoms with Gasteiger partial charge in [0.1, 0.15) is 23.5 Å². The van der Waals surface area contributed by atoms with Gasteiger partial charge < -0.3 is 9.84 Å². The monoisotopic (exact) mass is 290 g/mol. The average molecular weight is 290 g/mol. The lowest BCUT2D eigenvalue weighted by atomic mass is 9.98. The summed E-state index contributed by atoms with van der Waals surface area (Å²) in [6.07, 6.45) is 0.916. The molecule has 0 radical (unpaired) electrons. The van der Waals surface area contributed by atoms with Crippen molar-refractivity contribution in [1.82, 2.24) is 0 Å². The van der Waals surface area contributed by atoms with Crippen LogP contribution in [0.15, 0.2) is 36.4 Å². The van der Waals surface area contributed by atoms with Crippen molar-refractivity contribution in [2.24, 2.45) is 0 Å². The van der Waals surface area contributed by atoms with Crippen LogP contribution < -0.4 is 4.74 Å². The molecule has 0 spiro atoms. The number of halogens is 2. The number of ether oxygens (including phenoxy) is 1. The standard InChI is InChI=1S/C17H16F2O2/c1-10-5-8-14(18)15(16(10)19)17(20)11-3-2-4-13(9-11)21-12-6-7-12/h2-5,8-9,12,17,20H,6-7H2,1H3. The summed E-state index contributed by atoms with van der Waals surface area (Å²) in [4.78, 5) is 0. The van der Waals surface area contributed by atoms with Gasteiger partial charge in [-0.1, -0.05) is 18.2 Å². The second-order valence-corrected chi connectivity index (χ2v) is 5.38. The van der Waals surface area contributed by atoms with E-state index in [0.29, 0.717) is 16.9 Å². The first-order valence-corrected chi connectivity index (χ1v) is 6.95. The fourth-order valence-corrected chi connectivity index (χ4v) is 2.23. The summed E-state index contributed by atoms with van der Waals surface area (Å²) in [6, 6.07) is 9.27. The molecule has 1 unspecified atom stereocenters.